The van der Waals surface area contributed by atoms with Crippen LogP contribution in [0.3, 0.4) is 0 Å². The number of carboxylic acid groups (broad SMARTS) is 1. The van der Waals surface area contributed by atoms with Crippen LogP contribution in [0.5, 0.6) is 6.01 Å². The molecule has 5 nitrogen and oxygen atoms in total. The van der Waals surface area contributed by atoms with Crippen molar-refractivity contribution in [3.63, 3.8) is 0 Å². The molecule has 2 bridgehead atoms. The monoisotopic (exact) mass is 276 g/mol. The van der Waals surface area contributed by atoms with Gasteiger partial charge in [0, 0.05) is 11.6 Å². The zero-order chi connectivity index (χ0) is 14.5. The Labute approximate surface area is 118 Å². The first-order valence-electron chi connectivity index (χ1n) is 7.07. The molecule has 2 aliphatic carbocycles. The van der Waals surface area contributed by atoms with Gasteiger partial charge in [-0.1, -0.05) is 20.8 Å². The molecule has 0 saturated heterocycles. The van der Waals surface area contributed by atoms with Gasteiger partial charge in [-0.3, -0.25) is 0 Å². The minimum absolute atomic E-state index is 0.0254. The Morgan fingerprint density at radius 2 is 2.20 bits per heavy atom. The Morgan fingerprint density at radius 1 is 1.45 bits per heavy atom. The second-order valence-corrected chi connectivity index (χ2v) is 6.75. The molecule has 2 aliphatic rings. The predicted molar refractivity (Wildman–Crippen MR) is 72.6 cm³/mol. The van der Waals surface area contributed by atoms with E-state index in [1.165, 1.54) is 18.7 Å². The van der Waals surface area contributed by atoms with Crippen molar-refractivity contribution in [3.8, 4) is 6.01 Å². The second kappa shape index (κ2) is 4.17. The van der Waals surface area contributed by atoms with Gasteiger partial charge in [0.2, 0.25) is 0 Å². The number of aromatic carboxylic acids is 1. The Balaban J connectivity index is 1.83. The van der Waals surface area contributed by atoms with Gasteiger partial charge in [0.1, 0.15) is 6.10 Å². The summed E-state index contributed by atoms with van der Waals surface area (Å²) in [6, 6.07) is 1.56. The average Bonchev–Trinajstić information content (AvgIpc) is 2.72. The Kier molecular flexibility index (Phi) is 2.78. The van der Waals surface area contributed by atoms with E-state index in [-0.39, 0.29) is 28.6 Å². The summed E-state index contributed by atoms with van der Waals surface area (Å²) in [6.07, 6.45) is 4.91. The molecule has 2 saturated carbocycles. The van der Waals surface area contributed by atoms with Crippen LogP contribution in [0.4, 0.5) is 0 Å². The molecule has 1 N–H and O–H groups in total. The Morgan fingerprint density at radius 3 is 2.75 bits per heavy atom. The van der Waals surface area contributed by atoms with Crippen LogP contribution in [0.2, 0.25) is 0 Å². The maximum atomic E-state index is 10.9. The minimum Gasteiger partial charge on any atom is -0.477 e. The van der Waals surface area contributed by atoms with Gasteiger partial charge in [-0.05, 0) is 36.7 Å². The fourth-order valence-electron chi connectivity index (χ4n) is 3.95. The van der Waals surface area contributed by atoms with Crippen LogP contribution in [0.15, 0.2) is 12.3 Å². The van der Waals surface area contributed by atoms with Gasteiger partial charge < -0.3 is 9.84 Å². The van der Waals surface area contributed by atoms with Crippen molar-refractivity contribution in [3.05, 3.63) is 18.0 Å². The number of carbonyl (C=O) groups is 1. The lowest BCUT2D eigenvalue weighted by molar-refractivity contribution is 0.0238. The van der Waals surface area contributed by atoms with E-state index in [2.05, 4.69) is 30.7 Å². The third-order valence-electron chi connectivity index (χ3n) is 5.81. The highest BCUT2D eigenvalue weighted by molar-refractivity contribution is 5.85. The Bertz CT molecular complexity index is 558. The highest BCUT2D eigenvalue weighted by Crippen LogP contribution is 2.65. The summed E-state index contributed by atoms with van der Waals surface area (Å²) in [6.45, 7) is 6.89. The number of hydrogen-bond acceptors (Lipinski definition) is 4. The molecule has 3 rings (SSSR count). The van der Waals surface area contributed by atoms with Crippen molar-refractivity contribution < 1.29 is 14.6 Å². The first kappa shape index (κ1) is 13.3. The van der Waals surface area contributed by atoms with E-state index in [9.17, 15) is 4.79 Å². The summed E-state index contributed by atoms with van der Waals surface area (Å²) >= 11 is 0. The van der Waals surface area contributed by atoms with Gasteiger partial charge in [0.15, 0.2) is 5.69 Å². The van der Waals surface area contributed by atoms with Crippen LogP contribution in [0.25, 0.3) is 0 Å². The van der Waals surface area contributed by atoms with E-state index < -0.39 is 5.97 Å². The molecule has 0 aliphatic heterocycles. The fourth-order valence-corrected chi connectivity index (χ4v) is 3.95. The predicted octanol–water partition coefficient (Wildman–Crippen LogP) is 2.77. The first-order valence-corrected chi connectivity index (χ1v) is 7.07. The number of hydrogen-bond donors (Lipinski definition) is 1. The lowest BCUT2D eigenvalue weighted by atomic mass is 9.70. The van der Waals surface area contributed by atoms with Crippen molar-refractivity contribution in [1.29, 1.82) is 0 Å². The summed E-state index contributed by atoms with van der Waals surface area (Å²) in [7, 11) is 0. The normalized spacial score (nSPS) is 34.1. The lowest BCUT2D eigenvalue weighted by Crippen LogP contribution is -2.39. The zero-order valence-electron chi connectivity index (χ0n) is 12.1. The van der Waals surface area contributed by atoms with Crippen LogP contribution in [0, 0.1) is 16.7 Å². The third kappa shape index (κ3) is 1.72. The number of aromatic nitrogens is 2. The maximum absolute atomic E-state index is 10.9. The SMILES string of the molecule is CC1(C)C2CCC1(C)C(Oc1nccc(C(=O)O)n1)C2. The van der Waals surface area contributed by atoms with E-state index in [1.807, 2.05) is 0 Å². The smallest absolute Gasteiger partial charge is 0.354 e. The number of nitrogens with zero attached hydrogens (tertiary/aromatic N) is 2. The molecule has 1 aromatic heterocycles. The summed E-state index contributed by atoms with van der Waals surface area (Å²) in [5.74, 6) is -0.392. The highest BCUT2D eigenvalue weighted by Gasteiger charge is 2.62. The topological polar surface area (TPSA) is 72.3 Å². The molecule has 3 atom stereocenters. The van der Waals surface area contributed by atoms with Crippen LogP contribution < -0.4 is 4.74 Å². The standard InChI is InChI=1S/C15H20N2O3/c1-14(2)9-4-6-15(14,3)11(8-9)20-13-16-7-5-10(17-13)12(18)19/h5,7,9,11H,4,6,8H2,1-3H3,(H,18,19). The first-order chi connectivity index (χ1) is 9.34. The van der Waals surface area contributed by atoms with Crippen molar-refractivity contribution in [2.24, 2.45) is 16.7 Å². The molecule has 0 amide bonds. The second-order valence-electron chi connectivity index (χ2n) is 6.75. The largest absolute Gasteiger partial charge is 0.477 e. The molecule has 108 valence electrons. The summed E-state index contributed by atoms with van der Waals surface area (Å²) in [5.41, 5.74) is 0.338. The number of carboxylic acids is 1. The number of fused-ring (bicyclic) bond motifs is 2. The maximum Gasteiger partial charge on any atom is 0.354 e. The van der Waals surface area contributed by atoms with Crippen LogP contribution >= 0.6 is 0 Å². The van der Waals surface area contributed by atoms with E-state index >= 15 is 0 Å². The fraction of sp³-hybridized carbons (Fsp3) is 0.667. The number of rotatable bonds is 3. The van der Waals surface area contributed by atoms with E-state index in [1.54, 1.807) is 0 Å². The summed E-state index contributed by atoms with van der Waals surface area (Å²) < 4.78 is 5.95. The summed E-state index contributed by atoms with van der Waals surface area (Å²) in [4.78, 5) is 19.0. The van der Waals surface area contributed by atoms with E-state index in [0.29, 0.717) is 5.92 Å². The molecular formula is C15H20N2O3. The van der Waals surface area contributed by atoms with Gasteiger partial charge in [0.05, 0.1) is 0 Å². The zero-order valence-corrected chi connectivity index (χ0v) is 12.1. The van der Waals surface area contributed by atoms with Crippen LogP contribution in [-0.4, -0.2) is 27.1 Å². The van der Waals surface area contributed by atoms with Gasteiger partial charge in [0.25, 0.3) is 0 Å². The molecule has 5 heteroatoms. The molecule has 3 unspecified atom stereocenters. The quantitative estimate of drug-likeness (QED) is 0.919. The van der Waals surface area contributed by atoms with E-state index in [4.69, 9.17) is 9.84 Å². The third-order valence-corrected chi connectivity index (χ3v) is 5.81. The molecule has 1 heterocycles. The Hall–Kier alpha value is -1.65. The van der Waals surface area contributed by atoms with Crippen molar-refractivity contribution >= 4 is 5.97 Å². The van der Waals surface area contributed by atoms with Gasteiger partial charge in [-0.25, -0.2) is 9.78 Å². The molecule has 20 heavy (non-hydrogen) atoms. The summed E-state index contributed by atoms with van der Waals surface area (Å²) in [5, 5.41) is 8.96. The molecule has 0 radical (unpaired) electrons. The molecule has 1 aromatic rings. The van der Waals surface area contributed by atoms with Crippen LogP contribution in [0.1, 0.15) is 50.5 Å². The van der Waals surface area contributed by atoms with Crippen molar-refractivity contribution in [1.82, 2.24) is 9.97 Å². The lowest BCUT2D eigenvalue weighted by Gasteiger charge is -2.38. The molecule has 0 aromatic carbocycles. The van der Waals surface area contributed by atoms with Crippen LogP contribution in [-0.2, 0) is 0 Å². The molecular weight excluding hydrogens is 256 g/mol. The van der Waals surface area contributed by atoms with E-state index in [0.717, 1.165) is 12.8 Å². The van der Waals surface area contributed by atoms with Crippen molar-refractivity contribution in [2.45, 2.75) is 46.1 Å². The molecule has 0 spiro atoms. The van der Waals surface area contributed by atoms with Crippen molar-refractivity contribution in [2.75, 3.05) is 0 Å². The van der Waals surface area contributed by atoms with Gasteiger partial charge >= 0.3 is 12.0 Å². The van der Waals surface area contributed by atoms with Gasteiger partial charge in [-0.15, -0.1) is 0 Å². The van der Waals surface area contributed by atoms with Gasteiger partial charge in [-0.2, -0.15) is 4.98 Å². The minimum atomic E-state index is -1.06. The highest BCUT2D eigenvalue weighted by atomic mass is 16.5. The number of ether oxygens (including phenoxy) is 1. The average molecular weight is 276 g/mol. The molecule has 2 fully saturated rings.